The molecule has 0 aliphatic rings. The maximum absolute atomic E-state index is 12.6. The normalized spacial score (nSPS) is 13.1. The van der Waals surface area contributed by atoms with Crippen molar-refractivity contribution in [1.82, 2.24) is 4.98 Å². The zero-order valence-electron chi connectivity index (χ0n) is 15.4. The average Bonchev–Trinajstić information content (AvgIpc) is 3.08. The van der Waals surface area contributed by atoms with Gasteiger partial charge in [0.25, 0.3) is 0 Å². The Bertz CT molecular complexity index is 767. The van der Waals surface area contributed by atoms with Gasteiger partial charge in [-0.25, -0.2) is 14.8 Å². The molecular weight excluding hydrogens is 350 g/mol. The van der Waals surface area contributed by atoms with Crippen molar-refractivity contribution in [1.29, 1.82) is 0 Å². The number of para-hydroxylation sites is 2. The van der Waals surface area contributed by atoms with Gasteiger partial charge in [-0.3, -0.25) is 4.84 Å². The summed E-state index contributed by atoms with van der Waals surface area (Å²) in [7, 11) is 0. The first-order chi connectivity index (χ1) is 13.0. The van der Waals surface area contributed by atoms with E-state index >= 15 is 0 Å². The third-order valence-electron chi connectivity index (χ3n) is 4.32. The number of guanidine groups is 1. The summed E-state index contributed by atoms with van der Waals surface area (Å²) in [5.41, 5.74) is 10.4. The summed E-state index contributed by atoms with van der Waals surface area (Å²) in [5.74, 6) is -1.39. The lowest BCUT2D eigenvalue weighted by atomic mass is 9.92. The van der Waals surface area contributed by atoms with E-state index in [-0.39, 0.29) is 18.3 Å². The maximum Gasteiger partial charge on any atom is 0.375 e. The number of oxazole rings is 1. The highest BCUT2D eigenvalue weighted by atomic mass is 16.7. The Morgan fingerprint density at radius 1 is 1.19 bits per heavy atom. The molecule has 1 aromatic heterocycles. The van der Waals surface area contributed by atoms with Crippen LogP contribution in [0, 0.1) is 4.91 Å². The molecule has 1 aromatic carbocycles. The summed E-state index contributed by atoms with van der Waals surface area (Å²) < 4.78 is 5.72. The number of carbonyl (C=O) groups excluding carboxylic acids is 1. The van der Waals surface area contributed by atoms with E-state index in [9.17, 15) is 9.70 Å². The van der Waals surface area contributed by atoms with Gasteiger partial charge in [-0.15, -0.1) is 4.91 Å². The van der Waals surface area contributed by atoms with Crippen LogP contribution in [0.1, 0.15) is 57.8 Å². The van der Waals surface area contributed by atoms with Crippen LogP contribution in [0.4, 0.5) is 0 Å². The summed E-state index contributed by atoms with van der Waals surface area (Å²) in [6.07, 6.45) is 6.07. The molecule has 0 aliphatic heterocycles. The van der Waals surface area contributed by atoms with Crippen LogP contribution in [-0.4, -0.2) is 16.9 Å². The Morgan fingerprint density at radius 2 is 1.89 bits per heavy atom. The number of aliphatic imine (C=N–C) groups is 1. The predicted molar refractivity (Wildman–Crippen MR) is 101 cm³/mol. The lowest BCUT2D eigenvalue weighted by molar-refractivity contribution is -0.152. The van der Waals surface area contributed by atoms with Gasteiger partial charge in [0.15, 0.2) is 16.9 Å². The monoisotopic (exact) mass is 375 g/mol. The molecule has 2 aromatic rings. The van der Waals surface area contributed by atoms with Crippen molar-refractivity contribution in [2.24, 2.45) is 21.8 Å². The maximum atomic E-state index is 12.6. The number of nitrogens with zero attached hydrogens (tertiary/aromatic N) is 3. The summed E-state index contributed by atoms with van der Waals surface area (Å²) in [4.78, 5) is 35.9. The van der Waals surface area contributed by atoms with Crippen LogP contribution in [0.5, 0.6) is 0 Å². The van der Waals surface area contributed by atoms with Gasteiger partial charge in [0.05, 0.1) is 0 Å². The number of unbranched alkanes of at least 4 members (excludes halogenated alkanes) is 5. The summed E-state index contributed by atoms with van der Waals surface area (Å²) >= 11 is 0. The molecule has 1 heterocycles. The van der Waals surface area contributed by atoms with Crippen LogP contribution in [0.15, 0.2) is 39.0 Å². The topological polar surface area (TPSA) is 146 Å². The van der Waals surface area contributed by atoms with E-state index in [1.807, 2.05) is 0 Å². The van der Waals surface area contributed by atoms with Gasteiger partial charge in [-0.1, -0.05) is 51.2 Å². The zero-order valence-corrected chi connectivity index (χ0v) is 15.4. The highest BCUT2D eigenvalue weighted by Crippen LogP contribution is 2.35. The molecule has 0 aliphatic carbocycles. The molecule has 1 atom stereocenters. The Labute approximate surface area is 157 Å². The number of aromatic nitrogens is 1. The molecule has 0 saturated heterocycles. The van der Waals surface area contributed by atoms with Gasteiger partial charge in [0.1, 0.15) is 5.52 Å². The minimum atomic E-state index is -1.75. The number of fused-ring (bicyclic) bond motifs is 1. The lowest BCUT2D eigenvalue weighted by Crippen LogP contribution is -2.39. The number of hydrogen-bond acceptors (Lipinski definition) is 7. The second-order valence-electron chi connectivity index (χ2n) is 6.35. The van der Waals surface area contributed by atoms with Crippen molar-refractivity contribution in [3.05, 3.63) is 35.1 Å². The van der Waals surface area contributed by atoms with E-state index in [0.717, 1.165) is 32.1 Å². The van der Waals surface area contributed by atoms with Crippen LogP contribution in [0.3, 0.4) is 0 Å². The van der Waals surface area contributed by atoms with Gasteiger partial charge in [-0.2, -0.15) is 0 Å². The standard InChI is InChI=1S/C18H25N5O4/c1-2-3-4-5-6-9-12-18(22-17(19)20,16(24)27-23-25)15-21-13-10-7-8-11-14(13)26-15/h7-8,10-11H,2-6,9,12H2,1H3,(H4,19,20,22). The van der Waals surface area contributed by atoms with Gasteiger partial charge in [0, 0.05) is 0 Å². The van der Waals surface area contributed by atoms with E-state index in [2.05, 4.69) is 27.1 Å². The minimum Gasteiger partial charge on any atom is -0.437 e. The van der Waals surface area contributed by atoms with Crippen molar-refractivity contribution in [3.63, 3.8) is 0 Å². The fourth-order valence-corrected chi connectivity index (χ4v) is 2.99. The van der Waals surface area contributed by atoms with E-state index < -0.39 is 11.5 Å². The summed E-state index contributed by atoms with van der Waals surface area (Å²) in [6.45, 7) is 2.14. The zero-order chi connectivity index (χ0) is 19.7. The minimum absolute atomic E-state index is 0.0284. The Balaban J connectivity index is 2.36. The molecule has 2 rings (SSSR count). The van der Waals surface area contributed by atoms with Crippen LogP contribution >= 0.6 is 0 Å². The fourth-order valence-electron chi connectivity index (χ4n) is 2.99. The smallest absolute Gasteiger partial charge is 0.375 e. The molecule has 146 valence electrons. The second kappa shape index (κ2) is 9.65. The average molecular weight is 375 g/mol. The summed E-state index contributed by atoms with van der Waals surface area (Å²) in [6, 6.07) is 7.01. The van der Waals surface area contributed by atoms with Crippen molar-refractivity contribution >= 4 is 23.0 Å². The molecule has 0 radical (unpaired) electrons. The highest BCUT2D eigenvalue weighted by molar-refractivity contribution is 5.87. The molecular formula is C18H25N5O4. The quantitative estimate of drug-likeness (QED) is 0.201. The SMILES string of the molecule is CCCCCCCCC(N=C(N)N)(C(=O)ON=O)c1nc2ccccc2o1. The molecule has 0 spiro atoms. The van der Waals surface area contributed by atoms with Crippen LogP contribution in [0.25, 0.3) is 11.1 Å². The van der Waals surface area contributed by atoms with Gasteiger partial charge in [-0.05, 0) is 25.0 Å². The van der Waals surface area contributed by atoms with Gasteiger partial charge < -0.3 is 15.9 Å². The van der Waals surface area contributed by atoms with Crippen LogP contribution in [-0.2, 0) is 15.2 Å². The van der Waals surface area contributed by atoms with Crippen molar-refractivity contribution < 1.29 is 14.0 Å². The third-order valence-corrected chi connectivity index (χ3v) is 4.32. The number of rotatable bonds is 11. The number of benzene rings is 1. The van der Waals surface area contributed by atoms with Gasteiger partial charge >= 0.3 is 5.97 Å². The first kappa shape index (κ1) is 20.3. The van der Waals surface area contributed by atoms with E-state index in [1.165, 1.54) is 0 Å². The predicted octanol–water partition coefficient (Wildman–Crippen LogP) is 3.27. The molecule has 1 unspecified atom stereocenters. The number of hydrogen-bond donors (Lipinski definition) is 2. The van der Waals surface area contributed by atoms with E-state index in [1.54, 1.807) is 24.3 Å². The molecule has 0 amide bonds. The molecule has 9 heteroatoms. The third kappa shape index (κ3) is 5.02. The largest absolute Gasteiger partial charge is 0.437 e. The highest BCUT2D eigenvalue weighted by Gasteiger charge is 2.47. The van der Waals surface area contributed by atoms with Crippen molar-refractivity contribution in [2.45, 2.75) is 57.4 Å². The Kier molecular flexibility index (Phi) is 7.27. The van der Waals surface area contributed by atoms with Crippen molar-refractivity contribution in [3.8, 4) is 0 Å². The van der Waals surface area contributed by atoms with Crippen molar-refractivity contribution in [2.75, 3.05) is 0 Å². The number of carbonyl (C=O) groups is 1. The molecule has 4 N–H and O–H groups in total. The number of nitrogens with two attached hydrogens (primary N) is 2. The van der Waals surface area contributed by atoms with Crippen LogP contribution in [0.2, 0.25) is 0 Å². The molecule has 0 fully saturated rings. The van der Waals surface area contributed by atoms with Gasteiger partial charge in [0.2, 0.25) is 11.4 Å². The molecule has 27 heavy (non-hydrogen) atoms. The summed E-state index contributed by atoms with van der Waals surface area (Å²) in [5, 5.41) is 2.24. The van der Waals surface area contributed by atoms with E-state index in [0.29, 0.717) is 17.5 Å². The second-order valence-corrected chi connectivity index (χ2v) is 6.35. The molecule has 0 bridgehead atoms. The van der Waals surface area contributed by atoms with E-state index in [4.69, 9.17) is 15.9 Å². The Hall–Kier alpha value is -2.97. The Morgan fingerprint density at radius 3 is 2.56 bits per heavy atom. The molecule has 9 nitrogen and oxygen atoms in total. The lowest BCUT2D eigenvalue weighted by Gasteiger charge is -2.22. The van der Waals surface area contributed by atoms with Crippen LogP contribution < -0.4 is 11.5 Å². The first-order valence-corrected chi connectivity index (χ1v) is 9.04. The first-order valence-electron chi connectivity index (χ1n) is 9.04. The molecule has 0 saturated carbocycles. The fraction of sp³-hybridized carbons (Fsp3) is 0.500.